The number of carboxylic acid groups (broad SMARTS) is 1. The third kappa shape index (κ3) is 3.91. The zero-order valence-corrected chi connectivity index (χ0v) is 16.4. The van der Waals surface area contributed by atoms with Crippen LogP contribution in [0.4, 0.5) is 4.39 Å². The van der Waals surface area contributed by atoms with Gasteiger partial charge in [-0.1, -0.05) is 6.92 Å². The van der Waals surface area contributed by atoms with Crippen LogP contribution >= 0.6 is 0 Å². The Kier molecular flexibility index (Phi) is 5.54. The van der Waals surface area contributed by atoms with Crippen molar-refractivity contribution in [3.05, 3.63) is 58.3 Å². The van der Waals surface area contributed by atoms with Crippen molar-refractivity contribution >= 4 is 28.6 Å². The van der Waals surface area contributed by atoms with Crippen LogP contribution in [-0.2, 0) is 17.6 Å². The van der Waals surface area contributed by atoms with Gasteiger partial charge in [0.1, 0.15) is 17.6 Å². The lowest BCUT2D eigenvalue weighted by atomic mass is 10.0. The van der Waals surface area contributed by atoms with E-state index in [4.69, 9.17) is 0 Å². The zero-order valence-electron chi connectivity index (χ0n) is 16.4. The van der Waals surface area contributed by atoms with E-state index in [1.807, 2.05) is 6.92 Å². The van der Waals surface area contributed by atoms with Crippen LogP contribution in [0.5, 0.6) is 0 Å². The molecule has 7 nitrogen and oxygen atoms in total. The molecule has 0 spiro atoms. The Morgan fingerprint density at radius 1 is 1.28 bits per heavy atom. The third-order valence-electron chi connectivity index (χ3n) is 4.98. The summed E-state index contributed by atoms with van der Waals surface area (Å²) in [6.07, 6.45) is 2.08. The maximum absolute atomic E-state index is 13.4. The molecule has 1 amide bonds. The van der Waals surface area contributed by atoms with E-state index >= 15 is 0 Å². The SMILES string of the molecule is CCc1c(C(=O)N[C@@H](Cc2c[nH]c3cc(F)ccc23)C(=O)O)[nH]c(C)c1C(C)=O. The van der Waals surface area contributed by atoms with Crippen LogP contribution in [0.3, 0.4) is 0 Å². The number of H-pyrrole nitrogens is 2. The molecule has 0 radical (unpaired) electrons. The highest BCUT2D eigenvalue weighted by Crippen LogP contribution is 2.22. The minimum absolute atomic E-state index is 0.0213. The molecule has 4 N–H and O–H groups in total. The molecule has 2 heterocycles. The van der Waals surface area contributed by atoms with Gasteiger partial charge in [0.2, 0.25) is 0 Å². The first-order valence-corrected chi connectivity index (χ1v) is 9.24. The molecule has 29 heavy (non-hydrogen) atoms. The summed E-state index contributed by atoms with van der Waals surface area (Å²) in [5.74, 6) is -2.33. The fraction of sp³-hybridized carbons (Fsp3) is 0.286. The van der Waals surface area contributed by atoms with Crippen LogP contribution in [0.2, 0.25) is 0 Å². The molecule has 8 heteroatoms. The number of amides is 1. The Labute approximate surface area is 166 Å². The number of hydrogen-bond acceptors (Lipinski definition) is 3. The molecule has 0 aliphatic rings. The second-order valence-electron chi connectivity index (χ2n) is 6.96. The summed E-state index contributed by atoms with van der Waals surface area (Å²) in [4.78, 5) is 42.3. The van der Waals surface area contributed by atoms with E-state index in [2.05, 4.69) is 15.3 Å². The number of benzene rings is 1. The van der Waals surface area contributed by atoms with Crippen LogP contribution in [0, 0.1) is 12.7 Å². The van der Waals surface area contributed by atoms with E-state index < -0.39 is 23.7 Å². The quantitative estimate of drug-likeness (QED) is 0.457. The van der Waals surface area contributed by atoms with Crippen molar-refractivity contribution in [3.8, 4) is 0 Å². The summed E-state index contributed by atoms with van der Waals surface area (Å²) in [5.41, 5.74) is 3.00. The highest BCUT2D eigenvalue weighted by atomic mass is 19.1. The number of halogens is 1. The maximum Gasteiger partial charge on any atom is 0.326 e. The summed E-state index contributed by atoms with van der Waals surface area (Å²) in [6, 6.07) is 3.00. The number of aromatic nitrogens is 2. The number of hydrogen-bond donors (Lipinski definition) is 4. The van der Waals surface area contributed by atoms with Crippen LogP contribution in [0.1, 0.15) is 51.5 Å². The van der Waals surface area contributed by atoms with Gasteiger partial charge in [0, 0.05) is 34.8 Å². The van der Waals surface area contributed by atoms with E-state index in [9.17, 15) is 23.9 Å². The van der Waals surface area contributed by atoms with Crippen molar-refractivity contribution in [3.63, 3.8) is 0 Å². The van der Waals surface area contributed by atoms with E-state index in [1.54, 1.807) is 19.2 Å². The van der Waals surface area contributed by atoms with Gasteiger partial charge in [-0.25, -0.2) is 9.18 Å². The Balaban J connectivity index is 1.88. The fourth-order valence-electron chi connectivity index (χ4n) is 3.68. The highest BCUT2D eigenvalue weighted by molar-refractivity contribution is 6.03. The summed E-state index contributed by atoms with van der Waals surface area (Å²) >= 11 is 0. The molecule has 1 aromatic carbocycles. The van der Waals surface area contributed by atoms with Crippen molar-refractivity contribution in [2.45, 2.75) is 39.7 Å². The fourth-order valence-corrected chi connectivity index (χ4v) is 3.68. The lowest BCUT2D eigenvalue weighted by molar-refractivity contribution is -0.139. The van der Waals surface area contributed by atoms with Gasteiger partial charge in [0.05, 0.1) is 0 Å². The number of aromatic amines is 2. The standard InChI is InChI=1S/C21H22FN3O4/c1-4-14-18(11(3)26)10(2)24-19(14)20(27)25-17(21(28)29)7-12-9-23-16-8-13(22)5-6-15(12)16/h5-6,8-9,17,23-24H,4,7H2,1-3H3,(H,25,27)(H,28,29)/t17-/m0/s1. The van der Waals surface area contributed by atoms with Crippen molar-refractivity contribution in [2.75, 3.05) is 0 Å². The number of carbonyl (C=O) groups is 3. The van der Waals surface area contributed by atoms with Crippen LogP contribution in [0.25, 0.3) is 10.9 Å². The van der Waals surface area contributed by atoms with Crippen LogP contribution in [-0.4, -0.2) is 38.8 Å². The van der Waals surface area contributed by atoms with Gasteiger partial charge in [0.25, 0.3) is 5.91 Å². The highest BCUT2D eigenvalue weighted by Gasteiger charge is 2.26. The molecule has 1 atom stereocenters. The average Bonchev–Trinajstić information content (AvgIpc) is 3.20. The first-order chi connectivity index (χ1) is 13.7. The van der Waals surface area contributed by atoms with Gasteiger partial charge in [-0.15, -0.1) is 0 Å². The van der Waals surface area contributed by atoms with Gasteiger partial charge < -0.3 is 20.4 Å². The number of carbonyl (C=O) groups excluding carboxylic acids is 2. The van der Waals surface area contributed by atoms with Crippen LogP contribution < -0.4 is 5.32 Å². The van der Waals surface area contributed by atoms with E-state index in [-0.39, 0.29) is 17.9 Å². The average molecular weight is 399 g/mol. The second kappa shape index (κ2) is 7.90. The summed E-state index contributed by atoms with van der Waals surface area (Å²) in [5, 5.41) is 12.8. The van der Waals surface area contributed by atoms with Gasteiger partial charge in [0.15, 0.2) is 5.78 Å². The Morgan fingerprint density at radius 2 is 2.00 bits per heavy atom. The molecule has 0 aliphatic carbocycles. The molecule has 0 saturated carbocycles. The third-order valence-corrected chi connectivity index (χ3v) is 4.98. The molecular formula is C21H22FN3O4. The first-order valence-electron chi connectivity index (χ1n) is 9.24. The molecule has 3 rings (SSSR count). The minimum Gasteiger partial charge on any atom is -0.480 e. The second-order valence-corrected chi connectivity index (χ2v) is 6.96. The normalized spacial score (nSPS) is 12.1. The topological polar surface area (TPSA) is 115 Å². The van der Waals surface area contributed by atoms with Crippen molar-refractivity contribution in [1.82, 2.24) is 15.3 Å². The lowest BCUT2D eigenvalue weighted by Gasteiger charge is -2.14. The number of ketones is 1. The molecule has 0 unspecified atom stereocenters. The minimum atomic E-state index is -1.19. The molecule has 0 bridgehead atoms. The number of Topliss-reactive ketones (excluding diaryl/α,β-unsaturated/α-hetero) is 1. The molecule has 3 aromatic rings. The number of nitrogens with one attached hydrogen (secondary N) is 3. The lowest BCUT2D eigenvalue weighted by Crippen LogP contribution is -2.42. The summed E-state index contributed by atoms with van der Waals surface area (Å²) in [6.45, 7) is 4.95. The molecule has 2 aromatic heterocycles. The summed E-state index contributed by atoms with van der Waals surface area (Å²) < 4.78 is 13.4. The number of carboxylic acids is 1. The molecular weight excluding hydrogens is 377 g/mol. The predicted molar refractivity (Wildman–Crippen MR) is 106 cm³/mol. The van der Waals surface area contributed by atoms with E-state index in [1.165, 1.54) is 19.1 Å². The number of rotatable bonds is 7. The smallest absolute Gasteiger partial charge is 0.326 e. The molecule has 152 valence electrons. The monoisotopic (exact) mass is 399 g/mol. The molecule has 0 aliphatic heterocycles. The number of fused-ring (bicyclic) bond motifs is 1. The van der Waals surface area contributed by atoms with Gasteiger partial charge >= 0.3 is 5.97 Å². The van der Waals surface area contributed by atoms with E-state index in [0.717, 1.165) is 0 Å². The number of aliphatic carboxylic acids is 1. The Hall–Kier alpha value is -3.42. The van der Waals surface area contributed by atoms with Crippen molar-refractivity contribution in [1.29, 1.82) is 0 Å². The largest absolute Gasteiger partial charge is 0.480 e. The molecule has 0 fully saturated rings. The first kappa shape index (κ1) is 20.3. The van der Waals surface area contributed by atoms with E-state index in [0.29, 0.717) is 39.7 Å². The summed E-state index contributed by atoms with van der Waals surface area (Å²) in [7, 11) is 0. The Morgan fingerprint density at radius 3 is 2.62 bits per heavy atom. The zero-order chi connectivity index (χ0) is 21.3. The van der Waals surface area contributed by atoms with Gasteiger partial charge in [-0.05, 0) is 49.6 Å². The van der Waals surface area contributed by atoms with Crippen molar-refractivity contribution < 1.29 is 23.9 Å². The Bertz CT molecular complexity index is 1110. The van der Waals surface area contributed by atoms with Crippen LogP contribution in [0.15, 0.2) is 24.4 Å². The van der Waals surface area contributed by atoms with Gasteiger partial charge in [-0.2, -0.15) is 0 Å². The van der Waals surface area contributed by atoms with Gasteiger partial charge in [-0.3, -0.25) is 9.59 Å². The van der Waals surface area contributed by atoms with Crippen molar-refractivity contribution in [2.24, 2.45) is 0 Å². The molecule has 0 saturated heterocycles. The maximum atomic E-state index is 13.4. The predicted octanol–water partition coefficient (Wildman–Crippen LogP) is 3.13. The number of aryl methyl sites for hydroxylation is 1.